The number of likely N-dealkylation sites (tertiary alicyclic amines) is 2. The Bertz CT molecular complexity index is 951. The van der Waals surface area contributed by atoms with Gasteiger partial charge in [-0.15, -0.1) is 0 Å². The third-order valence-corrected chi connectivity index (χ3v) is 6.72. The molecule has 2 aliphatic heterocycles. The Kier molecular flexibility index (Phi) is 4.26. The molecule has 0 aromatic carbocycles. The summed E-state index contributed by atoms with van der Waals surface area (Å²) in [6.45, 7) is 6.39. The number of nitrogens with zero attached hydrogens (tertiary/aromatic N) is 5. The summed E-state index contributed by atoms with van der Waals surface area (Å²) in [7, 11) is 0. The maximum absolute atomic E-state index is 12.3. The van der Waals surface area contributed by atoms with E-state index in [0.29, 0.717) is 30.5 Å². The van der Waals surface area contributed by atoms with E-state index in [4.69, 9.17) is 0 Å². The van der Waals surface area contributed by atoms with Crippen LogP contribution >= 0.6 is 0 Å². The SMILES string of the molecule is Cc1nc2nc(CN3CCC4(CCC(=O)N(CC5CC5)C4)CC3)cc(=O)n2[nH]1. The predicted molar refractivity (Wildman–Crippen MR) is 104 cm³/mol. The largest absolute Gasteiger partial charge is 0.342 e. The van der Waals surface area contributed by atoms with Gasteiger partial charge < -0.3 is 4.90 Å². The fraction of sp³-hybridized carbons (Fsp3) is 0.700. The molecule has 2 saturated heterocycles. The molecule has 8 nitrogen and oxygen atoms in total. The smallest absolute Gasteiger partial charge is 0.274 e. The Morgan fingerprint density at radius 3 is 2.71 bits per heavy atom. The zero-order chi connectivity index (χ0) is 19.3. The number of H-pyrrole nitrogens is 1. The van der Waals surface area contributed by atoms with Crippen molar-refractivity contribution in [2.45, 2.75) is 52.0 Å². The van der Waals surface area contributed by atoms with Crippen molar-refractivity contribution < 1.29 is 4.79 Å². The van der Waals surface area contributed by atoms with Crippen molar-refractivity contribution in [3.05, 3.63) is 27.9 Å². The standard InChI is InChI=1S/C20H28N6O2/c1-14-21-19-22-16(10-18(28)26(19)23-14)12-24-8-6-20(7-9-24)5-4-17(27)25(13-20)11-15-2-3-15/h10,15H,2-9,11-13H2,1H3,(H,21,22,23). The maximum atomic E-state index is 12.3. The number of amides is 1. The van der Waals surface area contributed by atoms with Gasteiger partial charge in [-0.2, -0.15) is 9.50 Å². The lowest BCUT2D eigenvalue weighted by Gasteiger charge is -2.47. The lowest BCUT2D eigenvalue weighted by atomic mass is 9.72. The van der Waals surface area contributed by atoms with Crippen molar-refractivity contribution in [3.8, 4) is 0 Å². The molecule has 0 atom stereocenters. The van der Waals surface area contributed by atoms with Crippen LogP contribution in [-0.2, 0) is 11.3 Å². The first-order valence-electron chi connectivity index (χ1n) is 10.5. The third-order valence-electron chi connectivity index (χ3n) is 6.72. The maximum Gasteiger partial charge on any atom is 0.274 e. The molecule has 1 N–H and O–H groups in total. The van der Waals surface area contributed by atoms with Crippen LogP contribution in [0.3, 0.4) is 0 Å². The Labute approximate surface area is 163 Å². The second-order valence-corrected chi connectivity index (χ2v) is 9.02. The predicted octanol–water partition coefficient (Wildman–Crippen LogP) is 1.34. The van der Waals surface area contributed by atoms with Crippen LogP contribution in [0.2, 0.25) is 0 Å². The average molecular weight is 384 g/mol. The lowest BCUT2D eigenvalue weighted by molar-refractivity contribution is -0.139. The van der Waals surface area contributed by atoms with Crippen molar-refractivity contribution in [3.63, 3.8) is 0 Å². The van der Waals surface area contributed by atoms with E-state index in [1.807, 2.05) is 6.92 Å². The second kappa shape index (κ2) is 6.69. The molecule has 0 bridgehead atoms. The third kappa shape index (κ3) is 3.45. The van der Waals surface area contributed by atoms with Gasteiger partial charge in [0.15, 0.2) is 0 Å². The number of carbonyl (C=O) groups excluding carboxylic acids is 1. The molecule has 8 heteroatoms. The Morgan fingerprint density at radius 1 is 1.18 bits per heavy atom. The minimum Gasteiger partial charge on any atom is -0.342 e. The Balaban J connectivity index is 1.23. The van der Waals surface area contributed by atoms with Crippen molar-refractivity contribution in [1.29, 1.82) is 0 Å². The minimum absolute atomic E-state index is 0.115. The molecule has 1 spiro atoms. The summed E-state index contributed by atoms with van der Waals surface area (Å²) < 4.78 is 1.39. The average Bonchev–Trinajstić information content (AvgIpc) is 3.40. The van der Waals surface area contributed by atoms with Gasteiger partial charge in [-0.05, 0) is 63.5 Å². The second-order valence-electron chi connectivity index (χ2n) is 9.02. The first kappa shape index (κ1) is 17.8. The monoisotopic (exact) mass is 384 g/mol. The molecule has 28 heavy (non-hydrogen) atoms. The van der Waals surface area contributed by atoms with E-state index >= 15 is 0 Å². The van der Waals surface area contributed by atoms with Crippen LogP contribution in [-0.4, -0.2) is 61.5 Å². The van der Waals surface area contributed by atoms with Crippen LogP contribution in [0.1, 0.15) is 50.0 Å². The van der Waals surface area contributed by atoms with Gasteiger partial charge >= 0.3 is 0 Å². The van der Waals surface area contributed by atoms with E-state index in [1.165, 1.54) is 17.4 Å². The number of aryl methyl sites for hydroxylation is 1. The number of aromatic nitrogens is 4. The number of carbonyl (C=O) groups is 1. The van der Waals surface area contributed by atoms with E-state index in [9.17, 15) is 9.59 Å². The molecule has 0 radical (unpaired) electrons. The quantitative estimate of drug-likeness (QED) is 0.860. The van der Waals surface area contributed by atoms with Gasteiger partial charge in [0.1, 0.15) is 5.82 Å². The number of hydrogen-bond donors (Lipinski definition) is 1. The van der Waals surface area contributed by atoms with E-state index in [0.717, 1.165) is 57.1 Å². The van der Waals surface area contributed by atoms with Gasteiger partial charge in [0.05, 0.1) is 5.69 Å². The highest BCUT2D eigenvalue weighted by Gasteiger charge is 2.42. The van der Waals surface area contributed by atoms with E-state index in [-0.39, 0.29) is 11.0 Å². The highest BCUT2D eigenvalue weighted by molar-refractivity contribution is 5.77. The molecule has 3 fully saturated rings. The molecule has 3 aliphatic rings. The van der Waals surface area contributed by atoms with Gasteiger partial charge in [-0.1, -0.05) is 0 Å². The number of hydrogen-bond acceptors (Lipinski definition) is 5. The summed E-state index contributed by atoms with van der Waals surface area (Å²) in [6, 6.07) is 1.60. The van der Waals surface area contributed by atoms with Crippen LogP contribution in [0, 0.1) is 18.3 Å². The molecular weight excluding hydrogens is 356 g/mol. The van der Waals surface area contributed by atoms with Crippen molar-refractivity contribution in [2.24, 2.45) is 11.3 Å². The molecule has 4 heterocycles. The first-order chi connectivity index (χ1) is 13.5. The molecule has 2 aromatic rings. The molecule has 1 amide bonds. The van der Waals surface area contributed by atoms with Crippen LogP contribution in [0.5, 0.6) is 0 Å². The van der Waals surface area contributed by atoms with Gasteiger partial charge in [0.25, 0.3) is 11.3 Å². The summed E-state index contributed by atoms with van der Waals surface area (Å²) >= 11 is 0. The first-order valence-corrected chi connectivity index (χ1v) is 10.5. The van der Waals surface area contributed by atoms with Gasteiger partial charge in [-0.3, -0.25) is 19.6 Å². The summed E-state index contributed by atoms with van der Waals surface area (Å²) in [6.07, 6.45) is 6.54. The Hall–Kier alpha value is -2.22. The van der Waals surface area contributed by atoms with Gasteiger partial charge in [0.2, 0.25) is 5.91 Å². The number of nitrogens with one attached hydrogen (secondary N) is 1. The highest BCUT2D eigenvalue weighted by atomic mass is 16.2. The Morgan fingerprint density at radius 2 is 1.96 bits per heavy atom. The van der Waals surface area contributed by atoms with E-state index in [1.54, 1.807) is 6.07 Å². The highest BCUT2D eigenvalue weighted by Crippen LogP contribution is 2.41. The van der Waals surface area contributed by atoms with Crippen LogP contribution in [0.4, 0.5) is 0 Å². The fourth-order valence-electron chi connectivity index (χ4n) is 4.82. The molecule has 0 unspecified atom stereocenters. The van der Waals surface area contributed by atoms with Crippen LogP contribution in [0.25, 0.3) is 5.78 Å². The van der Waals surface area contributed by atoms with Crippen molar-refractivity contribution in [1.82, 2.24) is 29.4 Å². The summed E-state index contributed by atoms with van der Waals surface area (Å²) in [4.78, 5) is 37.9. The van der Waals surface area contributed by atoms with Gasteiger partial charge in [0, 0.05) is 32.1 Å². The van der Waals surface area contributed by atoms with E-state index in [2.05, 4.69) is 24.9 Å². The molecule has 150 valence electrons. The van der Waals surface area contributed by atoms with Crippen LogP contribution in [0.15, 0.2) is 10.9 Å². The zero-order valence-electron chi connectivity index (χ0n) is 16.5. The van der Waals surface area contributed by atoms with Crippen LogP contribution < -0.4 is 5.56 Å². The molecular formula is C20H28N6O2. The molecule has 1 aliphatic carbocycles. The summed E-state index contributed by atoms with van der Waals surface area (Å²) in [5, 5.41) is 2.91. The van der Waals surface area contributed by atoms with Gasteiger partial charge in [-0.25, -0.2) is 4.98 Å². The minimum atomic E-state index is -0.115. The molecule has 2 aromatic heterocycles. The number of piperidine rings is 2. The van der Waals surface area contributed by atoms with Crippen molar-refractivity contribution >= 4 is 11.7 Å². The topological polar surface area (TPSA) is 86.6 Å². The molecule has 5 rings (SSSR count). The normalized spacial score (nSPS) is 23.0. The summed E-state index contributed by atoms with van der Waals surface area (Å²) in [5.74, 6) is 2.23. The number of rotatable bonds is 4. The number of aromatic amines is 1. The zero-order valence-corrected chi connectivity index (χ0v) is 16.5. The fourth-order valence-corrected chi connectivity index (χ4v) is 4.82. The van der Waals surface area contributed by atoms with Crippen molar-refractivity contribution in [2.75, 3.05) is 26.2 Å². The summed E-state index contributed by atoms with van der Waals surface area (Å²) in [5.41, 5.74) is 0.951. The lowest BCUT2D eigenvalue weighted by Crippen LogP contribution is -2.51. The number of fused-ring (bicyclic) bond motifs is 1. The van der Waals surface area contributed by atoms with E-state index < -0.39 is 0 Å². The molecule has 1 saturated carbocycles.